The summed E-state index contributed by atoms with van der Waals surface area (Å²) in [4.78, 5) is 25.1. The molecule has 2 aromatic carbocycles. The van der Waals surface area contributed by atoms with Crippen molar-refractivity contribution >= 4 is 33.4 Å². The Morgan fingerprint density at radius 2 is 1.90 bits per heavy atom. The number of halogens is 1. The third-order valence-electron chi connectivity index (χ3n) is 4.53. The average molecular weight is 473 g/mol. The van der Waals surface area contributed by atoms with Crippen LogP contribution < -0.4 is 20.1 Å². The molecule has 1 unspecified atom stereocenters. The van der Waals surface area contributed by atoms with Crippen molar-refractivity contribution in [1.82, 2.24) is 10.6 Å². The molecule has 0 saturated carbocycles. The van der Waals surface area contributed by atoms with Gasteiger partial charge in [-0.1, -0.05) is 30.3 Å². The van der Waals surface area contributed by atoms with Crippen molar-refractivity contribution in [2.45, 2.75) is 39.8 Å². The number of ketones is 1. The maximum absolute atomic E-state index is 12.7. The lowest BCUT2D eigenvalue weighted by Crippen LogP contribution is -2.44. The second kappa shape index (κ2) is 9.34. The van der Waals surface area contributed by atoms with Crippen LogP contribution in [0.3, 0.4) is 0 Å². The van der Waals surface area contributed by atoms with E-state index in [4.69, 9.17) is 9.47 Å². The monoisotopic (exact) mass is 472 g/mol. The maximum Gasteiger partial charge on any atom is 0.320 e. The molecule has 2 aromatic rings. The van der Waals surface area contributed by atoms with Gasteiger partial charge in [0.05, 0.1) is 28.9 Å². The minimum atomic E-state index is -0.630. The zero-order valence-corrected chi connectivity index (χ0v) is 19.0. The fraction of sp³-hybridized carbons (Fsp3) is 0.304. The summed E-state index contributed by atoms with van der Waals surface area (Å²) in [7, 11) is 0. The topological polar surface area (TPSA) is 76.7 Å². The Bertz CT molecular complexity index is 986. The van der Waals surface area contributed by atoms with Crippen molar-refractivity contribution in [2.24, 2.45) is 0 Å². The van der Waals surface area contributed by atoms with Crippen LogP contribution in [-0.2, 0) is 4.79 Å². The summed E-state index contributed by atoms with van der Waals surface area (Å²) in [6, 6.07) is 12.0. The molecule has 0 bridgehead atoms. The molecule has 1 aliphatic rings. The summed E-state index contributed by atoms with van der Waals surface area (Å²) in [5.41, 5.74) is 2.47. The summed E-state index contributed by atoms with van der Waals surface area (Å²) in [5.74, 6) is 1.00. The lowest BCUT2D eigenvalue weighted by molar-refractivity contribution is -0.113. The van der Waals surface area contributed by atoms with E-state index in [2.05, 4.69) is 26.6 Å². The van der Waals surface area contributed by atoms with Gasteiger partial charge in [-0.15, -0.1) is 0 Å². The van der Waals surface area contributed by atoms with Gasteiger partial charge in [-0.25, -0.2) is 4.79 Å². The fourth-order valence-corrected chi connectivity index (χ4v) is 3.95. The molecule has 7 heteroatoms. The van der Waals surface area contributed by atoms with Crippen LogP contribution in [0.4, 0.5) is 4.79 Å². The summed E-state index contributed by atoms with van der Waals surface area (Å²) >= 11 is 3.56. The van der Waals surface area contributed by atoms with Crippen LogP contribution in [0.15, 0.2) is 52.5 Å². The number of amides is 2. The van der Waals surface area contributed by atoms with E-state index >= 15 is 0 Å². The van der Waals surface area contributed by atoms with Crippen LogP contribution in [-0.4, -0.2) is 24.5 Å². The molecular formula is C23H25BrN2O4. The Labute approximate surface area is 184 Å². The van der Waals surface area contributed by atoms with Gasteiger partial charge >= 0.3 is 6.03 Å². The first-order valence-corrected chi connectivity index (χ1v) is 10.6. The quantitative estimate of drug-likeness (QED) is 0.594. The highest BCUT2D eigenvalue weighted by molar-refractivity contribution is 9.10. The highest BCUT2D eigenvalue weighted by Crippen LogP contribution is 2.41. The van der Waals surface area contributed by atoms with E-state index < -0.39 is 6.04 Å². The molecule has 6 nitrogen and oxygen atoms in total. The number of benzene rings is 2. The molecule has 3 rings (SSSR count). The minimum absolute atomic E-state index is 0.0395. The molecule has 158 valence electrons. The molecule has 1 atom stereocenters. The van der Waals surface area contributed by atoms with Gasteiger partial charge in [0.2, 0.25) is 0 Å². The van der Waals surface area contributed by atoms with Gasteiger partial charge in [0.1, 0.15) is 0 Å². The number of hydrogen-bond donors (Lipinski definition) is 2. The van der Waals surface area contributed by atoms with Crippen molar-refractivity contribution in [2.75, 3.05) is 6.61 Å². The molecule has 2 N–H and O–H groups in total. The van der Waals surface area contributed by atoms with E-state index in [0.717, 1.165) is 11.1 Å². The number of nitrogens with one attached hydrogen (secondary N) is 2. The van der Waals surface area contributed by atoms with E-state index in [9.17, 15) is 9.59 Å². The number of urea groups is 1. The third-order valence-corrected chi connectivity index (χ3v) is 5.12. The largest absolute Gasteiger partial charge is 0.490 e. The summed E-state index contributed by atoms with van der Waals surface area (Å²) < 4.78 is 12.4. The molecular weight excluding hydrogens is 448 g/mol. The van der Waals surface area contributed by atoms with Gasteiger partial charge in [0.15, 0.2) is 17.3 Å². The van der Waals surface area contributed by atoms with Crippen LogP contribution in [0.2, 0.25) is 0 Å². The summed E-state index contributed by atoms with van der Waals surface area (Å²) in [6.45, 7) is 7.71. The van der Waals surface area contributed by atoms with E-state index in [1.807, 2.05) is 63.2 Å². The number of carbonyl (C=O) groups excluding carboxylic acids is 2. The Morgan fingerprint density at radius 3 is 2.50 bits per heavy atom. The van der Waals surface area contributed by atoms with Gasteiger partial charge in [0, 0.05) is 5.57 Å². The summed E-state index contributed by atoms with van der Waals surface area (Å²) in [5, 5.41) is 5.67. The number of Topliss-reactive ketones (excluding diaryl/α,β-unsaturated/α-hetero) is 1. The van der Waals surface area contributed by atoms with Crippen molar-refractivity contribution in [3.05, 3.63) is 63.6 Å². The summed E-state index contributed by atoms with van der Waals surface area (Å²) in [6.07, 6.45) is -0.0395. The lowest BCUT2D eigenvalue weighted by atomic mass is 9.90. The molecule has 0 spiro atoms. The van der Waals surface area contributed by atoms with Crippen LogP contribution in [0.1, 0.15) is 44.9 Å². The predicted molar refractivity (Wildman–Crippen MR) is 120 cm³/mol. The van der Waals surface area contributed by atoms with Gasteiger partial charge < -0.3 is 20.1 Å². The van der Waals surface area contributed by atoms with E-state index in [1.165, 1.54) is 6.92 Å². The SMILES string of the molecule is CCOc1cc(C2NC(=O)NC(c3ccccc3)=C2C(C)=O)cc(Br)c1OC(C)C. The third kappa shape index (κ3) is 4.67. The Hall–Kier alpha value is -2.80. The van der Waals surface area contributed by atoms with Crippen molar-refractivity contribution in [3.8, 4) is 11.5 Å². The molecule has 0 aliphatic carbocycles. The van der Waals surface area contributed by atoms with Crippen molar-refractivity contribution in [1.29, 1.82) is 0 Å². The number of carbonyl (C=O) groups is 2. The average Bonchev–Trinajstić information content (AvgIpc) is 2.70. The second-order valence-electron chi connectivity index (χ2n) is 7.17. The Balaban J connectivity index is 2.17. The normalized spacial score (nSPS) is 16.2. The molecule has 1 aliphatic heterocycles. The fourth-order valence-electron chi connectivity index (χ4n) is 3.39. The van der Waals surface area contributed by atoms with Crippen molar-refractivity contribution < 1.29 is 19.1 Å². The first kappa shape index (κ1) is 21.9. The first-order valence-electron chi connectivity index (χ1n) is 9.82. The van der Waals surface area contributed by atoms with Crippen LogP contribution in [0, 0.1) is 0 Å². The van der Waals surface area contributed by atoms with Crippen molar-refractivity contribution in [3.63, 3.8) is 0 Å². The molecule has 0 fully saturated rings. The molecule has 0 radical (unpaired) electrons. The zero-order chi connectivity index (χ0) is 21.8. The molecule has 1 heterocycles. The predicted octanol–water partition coefficient (Wildman–Crippen LogP) is 4.99. The number of rotatable bonds is 7. The highest BCUT2D eigenvalue weighted by atomic mass is 79.9. The number of ether oxygens (including phenoxy) is 2. The first-order chi connectivity index (χ1) is 14.3. The van der Waals surface area contributed by atoms with Gasteiger partial charge in [0.25, 0.3) is 0 Å². The van der Waals surface area contributed by atoms with E-state index in [0.29, 0.717) is 33.8 Å². The Morgan fingerprint density at radius 1 is 1.20 bits per heavy atom. The zero-order valence-electron chi connectivity index (χ0n) is 17.4. The Kier molecular flexibility index (Phi) is 6.82. The number of hydrogen-bond acceptors (Lipinski definition) is 4. The van der Waals surface area contributed by atoms with Crippen LogP contribution in [0.25, 0.3) is 5.70 Å². The highest BCUT2D eigenvalue weighted by Gasteiger charge is 2.32. The van der Waals surface area contributed by atoms with Gasteiger partial charge in [-0.2, -0.15) is 0 Å². The van der Waals surface area contributed by atoms with E-state index in [1.54, 1.807) is 0 Å². The lowest BCUT2D eigenvalue weighted by Gasteiger charge is -2.30. The molecule has 0 aromatic heterocycles. The molecule has 0 saturated heterocycles. The molecule has 30 heavy (non-hydrogen) atoms. The second-order valence-corrected chi connectivity index (χ2v) is 8.03. The van der Waals surface area contributed by atoms with E-state index in [-0.39, 0.29) is 17.9 Å². The maximum atomic E-state index is 12.7. The smallest absolute Gasteiger partial charge is 0.320 e. The molecule has 2 amide bonds. The van der Waals surface area contributed by atoms with Gasteiger partial charge in [-0.05, 0) is 66.9 Å². The minimum Gasteiger partial charge on any atom is -0.490 e. The standard InChI is InChI=1S/C23H25BrN2O4/c1-5-29-18-12-16(11-17(24)22(18)30-13(2)3)21-19(14(4)27)20(25-23(28)26-21)15-9-7-6-8-10-15/h6-13,21H,5H2,1-4H3,(H2,25,26,28). The van der Waals surface area contributed by atoms with Crippen LogP contribution >= 0.6 is 15.9 Å². The van der Waals surface area contributed by atoms with Crippen LogP contribution in [0.5, 0.6) is 11.5 Å². The van der Waals surface area contributed by atoms with Gasteiger partial charge in [-0.3, -0.25) is 4.79 Å².